The molecule has 2 heterocycles. The number of halogens is 1. The van der Waals surface area contributed by atoms with E-state index in [4.69, 9.17) is 0 Å². The molecular formula is C16H29IN6S. The molecule has 0 saturated carbocycles. The number of aliphatic imine (C=N–C) groups is 1. The van der Waals surface area contributed by atoms with Gasteiger partial charge in [-0.15, -0.1) is 24.0 Å². The molecule has 8 heteroatoms. The van der Waals surface area contributed by atoms with Crippen LogP contribution in [0.2, 0.25) is 0 Å². The van der Waals surface area contributed by atoms with Gasteiger partial charge in [-0.05, 0) is 24.9 Å². The Morgan fingerprint density at radius 2 is 2.00 bits per heavy atom. The third-order valence-corrected chi connectivity index (χ3v) is 4.53. The Hall–Kier alpha value is -0.740. The number of anilines is 1. The number of nitrogens with one attached hydrogen (secondary N) is 2. The quantitative estimate of drug-likeness (QED) is 0.288. The predicted octanol–water partition coefficient (Wildman–Crippen LogP) is 1.48. The molecule has 0 aliphatic carbocycles. The van der Waals surface area contributed by atoms with E-state index >= 15 is 0 Å². The van der Waals surface area contributed by atoms with E-state index in [1.807, 2.05) is 18.0 Å². The first-order valence-corrected chi connectivity index (χ1v) is 9.44. The van der Waals surface area contributed by atoms with Gasteiger partial charge in [0, 0.05) is 58.3 Å². The number of guanidine groups is 1. The molecule has 0 atom stereocenters. The maximum Gasteiger partial charge on any atom is 0.191 e. The molecule has 0 radical (unpaired) electrons. The minimum Gasteiger partial charge on any atom is -0.356 e. The lowest BCUT2D eigenvalue weighted by atomic mass is 10.2. The number of pyridine rings is 1. The molecule has 1 saturated heterocycles. The second kappa shape index (κ2) is 11.8. The summed E-state index contributed by atoms with van der Waals surface area (Å²) in [5.74, 6) is 2.98. The second-order valence-electron chi connectivity index (χ2n) is 5.66. The first-order chi connectivity index (χ1) is 11.2. The largest absolute Gasteiger partial charge is 0.356 e. The van der Waals surface area contributed by atoms with Gasteiger partial charge in [-0.2, -0.15) is 11.8 Å². The van der Waals surface area contributed by atoms with Crippen molar-refractivity contribution in [2.75, 3.05) is 63.7 Å². The van der Waals surface area contributed by atoms with Crippen molar-refractivity contribution in [3.05, 3.63) is 23.9 Å². The van der Waals surface area contributed by atoms with E-state index in [1.54, 1.807) is 7.05 Å². The molecule has 1 fully saturated rings. The normalized spacial score (nSPS) is 15.8. The summed E-state index contributed by atoms with van der Waals surface area (Å²) in [6, 6.07) is 4.26. The van der Waals surface area contributed by atoms with E-state index in [-0.39, 0.29) is 24.0 Å². The van der Waals surface area contributed by atoms with Crippen LogP contribution in [0, 0.1) is 0 Å². The van der Waals surface area contributed by atoms with Gasteiger partial charge >= 0.3 is 0 Å². The van der Waals surface area contributed by atoms with E-state index in [1.165, 1.54) is 0 Å². The molecule has 0 spiro atoms. The van der Waals surface area contributed by atoms with Crippen LogP contribution in [0.15, 0.2) is 23.3 Å². The Morgan fingerprint density at radius 1 is 1.25 bits per heavy atom. The van der Waals surface area contributed by atoms with Gasteiger partial charge in [0.1, 0.15) is 5.82 Å². The number of hydrogen-bond donors (Lipinski definition) is 2. The van der Waals surface area contributed by atoms with E-state index in [0.29, 0.717) is 0 Å². The van der Waals surface area contributed by atoms with Gasteiger partial charge in [-0.1, -0.05) is 6.07 Å². The Morgan fingerprint density at radius 3 is 2.58 bits per heavy atom. The molecule has 136 valence electrons. The fourth-order valence-electron chi connectivity index (χ4n) is 2.42. The molecule has 0 amide bonds. The zero-order chi connectivity index (χ0) is 16.5. The van der Waals surface area contributed by atoms with E-state index in [9.17, 15) is 0 Å². The van der Waals surface area contributed by atoms with Crippen LogP contribution in [0.5, 0.6) is 0 Å². The summed E-state index contributed by atoms with van der Waals surface area (Å²) in [5, 5.41) is 6.61. The molecule has 24 heavy (non-hydrogen) atoms. The highest BCUT2D eigenvalue weighted by molar-refractivity contribution is 14.0. The fourth-order valence-corrected chi connectivity index (χ4v) is 2.73. The van der Waals surface area contributed by atoms with Crippen LogP contribution < -0.4 is 15.5 Å². The first kappa shape index (κ1) is 21.3. The van der Waals surface area contributed by atoms with Crippen molar-refractivity contribution in [2.24, 2.45) is 4.99 Å². The third kappa shape index (κ3) is 7.02. The first-order valence-electron chi connectivity index (χ1n) is 8.05. The molecule has 0 unspecified atom stereocenters. The predicted molar refractivity (Wildman–Crippen MR) is 116 cm³/mol. The summed E-state index contributed by atoms with van der Waals surface area (Å²) in [4.78, 5) is 13.5. The minimum atomic E-state index is 0. The van der Waals surface area contributed by atoms with Crippen LogP contribution in [-0.2, 0) is 6.54 Å². The highest BCUT2D eigenvalue weighted by Crippen LogP contribution is 2.13. The van der Waals surface area contributed by atoms with Crippen LogP contribution in [-0.4, -0.2) is 74.7 Å². The summed E-state index contributed by atoms with van der Waals surface area (Å²) >= 11 is 1.82. The topological polar surface area (TPSA) is 55.8 Å². The van der Waals surface area contributed by atoms with Gasteiger partial charge in [-0.3, -0.25) is 4.99 Å². The van der Waals surface area contributed by atoms with Gasteiger partial charge in [0.2, 0.25) is 0 Å². The fraction of sp³-hybridized carbons (Fsp3) is 0.625. The van der Waals surface area contributed by atoms with Crippen molar-refractivity contribution in [2.45, 2.75) is 6.54 Å². The van der Waals surface area contributed by atoms with Crippen LogP contribution >= 0.6 is 35.7 Å². The van der Waals surface area contributed by atoms with Crippen molar-refractivity contribution < 1.29 is 0 Å². The lowest BCUT2D eigenvalue weighted by Crippen LogP contribution is -2.44. The van der Waals surface area contributed by atoms with Gasteiger partial charge in [0.15, 0.2) is 5.96 Å². The highest BCUT2D eigenvalue weighted by Gasteiger charge is 2.14. The van der Waals surface area contributed by atoms with Crippen molar-refractivity contribution in [3.63, 3.8) is 0 Å². The molecule has 1 aromatic rings. The van der Waals surface area contributed by atoms with Crippen molar-refractivity contribution >= 4 is 47.5 Å². The lowest BCUT2D eigenvalue weighted by molar-refractivity contribution is 0.312. The number of piperazine rings is 1. The van der Waals surface area contributed by atoms with Crippen molar-refractivity contribution in [3.8, 4) is 0 Å². The number of rotatable bonds is 6. The summed E-state index contributed by atoms with van der Waals surface area (Å²) < 4.78 is 0. The zero-order valence-electron chi connectivity index (χ0n) is 14.8. The van der Waals surface area contributed by atoms with Gasteiger partial charge in [-0.25, -0.2) is 4.98 Å². The number of nitrogens with zero attached hydrogens (tertiary/aromatic N) is 4. The summed E-state index contributed by atoms with van der Waals surface area (Å²) in [7, 11) is 3.96. The monoisotopic (exact) mass is 464 g/mol. The molecule has 1 aliphatic rings. The maximum atomic E-state index is 4.61. The van der Waals surface area contributed by atoms with Gasteiger partial charge in [0.05, 0.1) is 0 Å². The lowest BCUT2D eigenvalue weighted by Gasteiger charge is -2.33. The van der Waals surface area contributed by atoms with E-state index in [2.05, 4.69) is 55.8 Å². The molecule has 0 aromatic carbocycles. The molecule has 0 bridgehead atoms. The summed E-state index contributed by atoms with van der Waals surface area (Å²) in [5.41, 5.74) is 1.16. The minimum absolute atomic E-state index is 0. The highest BCUT2D eigenvalue weighted by atomic mass is 127. The molecule has 2 N–H and O–H groups in total. The van der Waals surface area contributed by atoms with Crippen LogP contribution in [0.1, 0.15) is 5.56 Å². The van der Waals surface area contributed by atoms with Crippen LogP contribution in [0.3, 0.4) is 0 Å². The third-order valence-electron chi connectivity index (χ3n) is 3.92. The average molecular weight is 464 g/mol. The van der Waals surface area contributed by atoms with Gasteiger partial charge in [0.25, 0.3) is 0 Å². The Labute approximate surface area is 166 Å². The SMILES string of the molecule is CN=C(NCCSC)NCc1ccc(N2CCN(C)CC2)nc1.I. The molecule has 6 nitrogen and oxygen atoms in total. The smallest absolute Gasteiger partial charge is 0.191 e. The number of likely N-dealkylation sites (N-methyl/N-ethyl adjacent to an activating group) is 1. The molecule has 1 aromatic heterocycles. The summed E-state index contributed by atoms with van der Waals surface area (Å²) in [6.45, 7) is 5.95. The summed E-state index contributed by atoms with van der Waals surface area (Å²) in [6.07, 6.45) is 4.06. The Kier molecular flexibility index (Phi) is 10.4. The Bertz CT molecular complexity index is 488. The van der Waals surface area contributed by atoms with Crippen LogP contribution in [0.25, 0.3) is 0 Å². The standard InChI is InChI=1S/C16H28N6S.HI/c1-17-16(18-6-11-23-3)20-13-14-4-5-15(19-12-14)22-9-7-21(2)8-10-22;/h4-5,12H,6-11,13H2,1-3H3,(H2,17,18,20);1H. The number of thioether (sulfide) groups is 1. The molecule has 2 rings (SSSR count). The van der Waals surface area contributed by atoms with Gasteiger partial charge < -0.3 is 20.4 Å². The van der Waals surface area contributed by atoms with Crippen molar-refractivity contribution in [1.29, 1.82) is 0 Å². The van der Waals surface area contributed by atoms with Crippen LogP contribution in [0.4, 0.5) is 5.82 Å². The zero-order valence-corrected chi connectivity index (χ0v) is 17.9. The average Bonchev–Trinajstić information content (AvgIpc) is 2.59. The number of hydrogen-bond acceptors (Lipinski definition) is 5. The van der Waals surface area contributed by atoms with Crippen molar-refractivity contribution in [1.82, 2.24) is 20.5 Å². The number of aromatic nitrogens is 1. The molecular weight excluding hydrogens is 435 g/mol. The second-order valence-corrected chi connectivity index (χ2v) is 6.65. The van der Waals surface area contributed by atoms with E-state index < -0.39 is 0 Å². The molecule has 1 aliphatic heterocycles. The maximum absolute atomic E-state index is 4.61. The van der Waals surface area contributed by atoms with E-state index in [0.717, 1.165) is 62.4 Å². The Balaban J connectivity index is 0.00000288.